The van der Waals surface area contributed by atoms with Gasteiger partial charge in [-0.15, -0.1) is 0 Å². The summed E-state index contributed by atoms with van der Waals surface area (Å²) in [4.78, 5) is 12.0. The van der Waals surface area contributed by atoms with Crippen molar-refractivity contribution < 1.29 is 9.53 Å². The predicted molar refractivity (Wildman–Crippen MR) is 99.3 cm³/mol. The second kappa shape index (κ2) is 7.33. The minimum absolute atomic E-state index is 0.223. The molecule has 0 spiro atoms. The molecule has 0 radical (unpaired) electrons. The molecule has 0 aromatic heterocycles. The molecule has 0 bridgehead atoms. The average molecular weight is 328 g/mol. The van der Waals surface area contributed by atoms with Gasteiger partial charge in [0, 0.05) is 11.8 Å². The summed E-state index contributed by atoms with van der Waals surface area (Å²) in [5.41, 5.74) is 2.15. The lowest BCUT2D eigenvalue weighted by atomic mass is 10.1. The molecule has 0 saturated heterocycles. The number of hydrogen-bond acceptors (Lipinski definition) is 3. The van der Waals surface area contributed by atoms with Crippen molar-refractivity contribution in [3.05, 3.63) is 77.9 Å². The molecule has 0 unspecified atom stereocenters. The maximum Gasteiger partial charge on any atom is 0.248 e. The van der Waals surface area contributed by atoms with Gasteiger partial charge in [0.25, 0.3) is 0 Å². The third-order valence-electron chi connectivity index (χ3n) is 3.78. The smallest absolute Gasteiger partial charge is 0.248 e. The fourth-order valence-corrected chi connectivity index (χ4v) is 2.46. The Hall–Kier alpha value is -3.58. The quantitative estimate of drug-likeness (QED) is 0.723. The van der Waals surface area contributed by atoms with E-state index in [2.05, 4.69) is 5.32 Å². The summed E-state index contributed by atoms with van der Waals surface area (Å²) < 4.78 is 5.22. The second-order valence-electron chi connectivity index (χ2n) is 5.48. The topological polar surface area (TPSA) is 62.1 Å². The Morgan fingerprint density at radius 3 is 2.48 bits per heavy atom. The summed E-state index contributed by atoms with van der Waals surface area (Å²) in [5, 5.41) is 13.7. The molecule has 3 aromatic rings. The van der Waals surface area contributed by atoms with Gasteiger partial charge in [0.05, 0.1) is 18.7 Å². The van der Waals surface area contributed by atoms with E-state index in [-0.39, 0.29) is 5.91 Å². The third-order valence-corrected chi connectivity index (χ3v) is 3.78. The number of ether oxygens (including phenoxy) is 1. The number of anilines is 1. The van der Waals surface area contributed by atoms with Crippen LogP contribution < -0.4 is 10.1 Å². The normalized spacial score (nSPS) is 10.6. The fraction of sp³-hybridized carbons (Fsp3) is 0.0476. The highest BCUT2D eigenvalue weighted by atomic mass is 16.5. The van der Waals surface area contributed by atoms with E-state index in [0.29, 0.717) is 11.3 Å². The third kappa shape index (κ3) is 4.04. The number of fused-ring (bicyclic) bond motifs is 1. The zero-order valence-corrected chi connectivity index (χ0v) is 13.7. The summed E-state index contributed by atoms with van der Waals surface area (Å²) in [6, 6.07) is 20.6. The second-order valence-corrected chi connectivity index (χ2v) is 5.48. The van der Waals surface area contributed by atoms with Crippen LogP contribution in [0.2, 0.25) is 0 Å². The standard InChI is InChI=1S/C21H16N2O2/c1-25-20-10-7-17-12-15(2-6-18(17)13-20)5-11-21(24)23-19-8-3-16(14-22)4-9-19/h2-13H,1H3,(H,23,24)/b11-5+. The van der Waals surface area contributed by atoms with Crippen molar-refractivity contribution in [1.29, 1.82) is 5.26 Å². The van der Waals surface area contributed by atoms with E-state index in [1.54, 1.807) is 37.5 Å². The molecule has 0 aliphatic rings. The summed E-state index contributed by atoms with van der Waals surface area (Å²) in [6.45, 7) is 0. The average Bonchev–Trinajstić information content (AvgIpc) is 2.66. The van der Waals surface area contributed by atoms with Gasteiger partial charge in [-0.2, -0.15) is 5.26 Å². The molecule has 4 nitrogen and oxygen atoms in total. The predicted octanol–water partition coefficient (Wildman–Crippen LogP) is 4.37. The highest BCUT2D eigenvalue weighted by Gasteiger charge is 2.00. The SMILES string of the molecule is COc1ccc2cc(/C=C/C(=O)Nc3ccc(C#N)cc3)ccc2c1. The first-order valence-electron chi connectivity index (χ1n) is 7.75. The summed E-state index contributed by atoms with van der Waals surface area (Å²) in [7, 11) is 1.64. The van der Waals surface area contributed by atoms with Crippen molar-refractivity contribution in [1.82, 2.24) is 0 Å². The van der Waals surface area contributed by atoms with Gasteiger partial charge in [0.15, 0.2) is 0 Å². The van der Waals surface area contributed by atoms with Crippen molar-refractivity contribution >= 4 is 28.4 Å². The van der Waals surface area contributed by atoms with E-state index >= 15 is 0 Å². The number of nitrogens with one attached hydrogen (secondary N) is 1. The maximum atomic E-state index is 12.0. The van der Waals surface area contributed by atoms with Crippen LogP contribution in [0.25, 0.3) is 16.8 Å². The minimum Gasteiger partial charge on any atom is -0.497 e. The van der Waals surface area contributed by atoms with Crippen LogP contribution in [-0.2, 0) is 4.79 Å². The molecule has 1 amide bonds. The van der Waals surface area contributed by atoms with Crippen LogP contribution in [0.5, 0.6) is 5.75 Å². The van der Waals surface area contributed by atoms with Crippen LogP contribution in [0.4, 0.5) is 5.69 Å². The van der Waals surface area contributed by atoms with Gasteiger partial charge < -0.3 is 10.1 Å². The van der Waals surface area contributed by atoms with Crippen LogP contribution in [0.3, 0.4) is 0 Å². The molecule has 4 heteroatoms. The van der Waals surface area contributed by atoms with Gasteiger partial charge in [-0.05, 0) is 64.9 Å². The van der Waals surface area contributed by atoms with Gasteiger partial charge in [-0.3, -0.25) is 4.79 Å². The zero-order chi connectivity index (χ0) is 17.6. The van der Waals surface area contributed by atoms with Crippen LogP contribution in [0.15, 0.2) is 66.7 Å². The van der Waals surface area contributed by atoms with E-state index < -0.39 is 0 Å². The molecule has 25 heavy (non-hydrogen) atoms. The van der Waals surface area contributed by atoms with Gasteiger partial charge in [-0.1, -0.05) is 18.2 Å². The summed E-state index contributed by atoms with van der Waals surface area (Å²) in [5.74, 6) is 0.595. The lowest BCUT2D eigenvalue weighted by Gasteiger charge is -2.04. The molecule has 0 heterocycles. The zero-order valence-electron chi connectivity index (χ0n) is 13.7. The molecule has 122 valence electrons. The molecular weight excluding hydrogens is 312 g/mol. The Kier molecular flexibility index (Phi) is 4.77. The highest BCUT2D eigenvalue weighted by Crippen LogP contribution is 2.22. The fourth-order valence-electron chi connectivity index (χ4n) is 2.46. The number of methoxy groups -OCH3 is 1. The number of rotatable bonds is 4. The maximum absolute atomic E-state index is 12.0. The number of nitriles is 1. The van der Waals surface area contributed by atoms with Crippen molar-refractivity contribution in [2.75, 3.05) is 12.4 Å². The van der Waals surface area contributed by atoms with Crippen LogP contribution >= 0.6 is 0 Å². The van der Waals surface area contributed by atoms with Crippen molar-refractivity contribution in [3.8, 4) is 11.8 Å². The van der Waals surface area contributed by atoms with Crippen molar-refractivity contribution in [2.24, 2.45) is 0 Å². The van der Waals surface area contributed by atoms with E-state index in [1.165, 1.54) is 6.08 Å². The Bertz CT molecular complexity index is 983. The Labute approximate surface area is 146 Å². The Balaban J connectivity index is 1.71. The molecule has 0 atom stereocenters. The number of carbonyl (C=O) groups is 1. The molecule has 0 fully saturated rings. The van der Waals surface area contributed by atoms with E-state index in [1.807, 2.05) is 42.5 Å². The van der Waals surface area contributed by atoms with Gasteiger partial charge >= 0.3 is 0 Å². The van der Waals surface area contributed by atoms with Crippen LogP contribution in [0.1, 0.15) is 11.1 Å². The summed E-state index contributed by atoms with van der Waals surface area (Å²) in [6.07, 6.45) is 3.26. The van der Waals surface area contributed by atoms with Crippen LogP contribution in [-0.4, -0.2) is 13.0 Å². The molecule has 3 aromatic carbocycles. The van der Waals surface area contributed by atoms with Gasteiger partial charge in [0.1, 0.15) is 5.75 Å². The molecule has 0 aliphatic carbocycles. The molecule has 3 rings (SSSR count). The summed E-state index contributed by atoms with van der Waals surface area (Å²) >= 11 is 0. The lowest BCUT2D eigenvalue weighted by molar-refractivity contribution is -0.111. The first-order valence-corrected chi connectivity index (χ1v) is 7.75. The molecule has 1 N–H and O–H groups in total. The van der Waals surface area contributed by atoms with Gasteiger partial charge in [-0.25, -0.2) is 0 Å². The lowest BCUT2D eigenvalue weighted by Crippen LogP contribution is -2.07. The minimum atomic E-state index is -0.223. The largest absolute Gasteiger partial charge is 0.497 e. The van der Waals surface area contributed by atoms with E-state index in [0.717, 1.165) is 22.1 Å². The Morgan fingerprint density at radius 1 is 1.04 bits per heavy atom. The van der Waals surface area contributed by atoms with Crippen molar-refractivity contribution in [3.63, 3.8) is 0 Å². The number of nitrogens with zero attached hydrogens (tertiary/aromatic N) is 1. The van der Waals surface area contributed by atoms with E-state index in [4.69, 9.17) is 10.00 Å². The first kappa shape index (κ1) is 16.3. The highest BCUT2D eigenvalue weighted by molar-refractivity contribution is 6.02. The molecular formula is C21H16N2O2. The monoisotopic (exact) mass is 328 g/mol. The van der Waals surface area contributed by atoms with Gasteiger partial charge in [0.2, 0.25) is 5.91 Å². The number of carbonyl (C=O) groups excluding carboxylic acids is 1. The number of benzene rings is 3. The Morgan fingerprint density at radius 2 is 1.76 bits per heavy atom. The molecule has 0 saturated carbocycles. The van der Waals surface area contributed by atoms with Crippen LogP contribution in [0, 0.1) is 11.3 Å². The number of amides is 1. The first-order chi connectivity index (χ1) is 12.2. The van der Waals surface area contributed by atoms with E-state index in [9.17, 15) is 4.79 Å². The number of hydrogen-bond donors (Lipinski definition) is 1. The molecule has 0 aliphatic heterocycles. The van der Waals surface area contributed by atoms with Crippen molar-refractivity contribution in [2.45, 2.75) is 0 Å².